The van der Waals surface area contributed by atoms with Crippen molar-refractivity contribution in [3.05, 3.63) is 117 Å². The predicted octanol–water partition coefficient (Wildman–Crippen LogP) is 8.30. The molecule has 1 N–H and O–H groups in total. The predicted molar refractivity (Wildman–Crippen MR) is 159 cm³/mol. The molecule has 0 spiro atoms. The fourth-order valence-corrected chi connectivity index (χ4v) is 4.79. The van der Waals surface area contributed by atoms with Gasteiger partial charge in [0.25, 0.3) is 5.91 Å². The molecular formula is C33H26BrF4NO5. The summed E-state index contributed by atoms with van der Waals surface area (Å²) in [6.07, 6.45) is -4.77. The van der Waals surface area contributed by atoms with Gasteiger partial charge in [-0.1, -0.05) is 65.3 Å². The highest BCUT2D eigenvalue weighted by Gasteiger charge is 2.35. The van der Waals surface area contributed by atoms with E-state index in [1.54, 1.807) is 54.6 Å². The normalized spacial score (nSPS) is 14.0. The Kier molecular flexibility index (Phi) is 9.07. The topological polar surface area (TPSA) is 73.9 Å². The third-order valence-electron chi connectivity index (χ3n) is 6.96. The summed E-state index contributed by atoms with van der Waals surface area (Å²) in [7, 11) is 0. The van der Waals surface area contributed by atoms with Crippen LogP contribution in [0, 0.1) is 11.2 Å². The zero-order valence-electron chi connectivity index (χ0n) is 23.3. The summed E-state index contributed by atoms with van der Waals surface area (Å²) in [5.74, 6) is -2.83. The SMILES string of the molecule is CC1(COc2cc(C(=O)Nc3ccc(C(F)(F)F)cc3F)c(C(=O)OCc3ccccc3)c(-c3ccc(Br)cc3)c2)COC1. The van der Waals surface area contributed by atoms with E-state index in [4.69, 9.17) is 14.2 Å². The van der Waals surface area contributed by atoms with Gasteiger partial charge in [0.1, 0.15) is 18.2 Å². The zero-order valence-corrected chi connectivity index (χ0v) is 24.9. The number of carbonyl (C=O) groups excluding carboxylic acids is 2. The number of halogens is 5. The van der Waals surface area contributed by atoms with E-state index in [0.29, 0.717) is 42.0 Å². The summed E-state index contributed by atoms with van der Waals surface area (Å²) in [5, 5.41) is 2.31. The molecule has 0 saturated carbocycles. The molecule has 44 heavy (non-hydrogen) atoms. The van der Waals surface area contributed by atoms with Crippen molar-refractivity contribution in [2.45, 2.75) is 19.7 Å². The minimum atomic E-state index is -4.77. The Morgan fingerprint density at radius 3 is 2.30 bits per heavy atom. The summed E-state index contributed by atoms with van der Waals surface area (Å²) in [6, 6.07) is 20.6. The standard InChI is InChI=1S/C33H26BrF4NO5/c1-32(17-42-18-32)19-44-24-14-25(21-7-10-23(34)11-8-21)29(31(41)43-16-20-5-3-2-4-6-20)26(15-24)30(40)39-28-12-9-22(13-27(28)35)33(36,37)38/h2-15H,16-19H2,1H3,(H,39,40). The van der Waals surface area contributed by atoms with Gasteiger partial charge in [0.15, 0.2) is 0 Å². The van der Waals surface area contributed by atoms with Gasteiger partial charge in [-0.2, -0.15) is 13.2 Å². The first-order valence-electron chi connectivity index (χ1n) is 13.5. The number of esters is 1. The third-order valence-corrected chi connectivity index (χ3v) is 7.49. The Hall–Kier alpha value is -4.22. The highest BCUT2D eigenvalue weighted by Crippen LogP contribution is 2.36. The Balaban J connectivity index is 1.58. The molecule has 0 radical (unpaired) electrons. The van der Waals surface area contributed by atoms with Crippen LogP contribution in [-0.2, 0) is 22.3 Å². The van der Waals surface area contributed by atoms with Crippen molar-refractivity contribution in [3.63, 3.8) is 0 Å². The number of hydrogen-bond acceptors (Lipinski definition) is 5. The van der Waals surface area contributed by atoms with Crippen LogP contribution < -0.4 is 10.1 Å². The lowest BCUT2D eigenvalue weighted by molar-refractivity contribution is -0.137. The third kappa shape index (κ3) is 7.28. The zero-order chi connectivity index (χ0) is 31.5. The van der Waals surface area contributed by atoms with E-state index in [-0.39, 0.29) is 35.5 Å². The van der Waals surface area contributed by atoms with Crippen LogP contribution in [0.3, 0.4) is 0 Å². The molecule has 4 aromatic rings. The van der Waals surface area contributed by atoms with Crippen molar-refractivity contribution in [2.24, 2.45) is 5.41 Å². The second kappa shape index (κ2) is 12.8. The lowest BCUT2D eigenvalue weighted by Crippen LogP contribution is -2.44. The molecule has 0 bridgehead atoms. The molecule has 1 saturated heterocycles. The smallest absolute Gasteiger partial charge is 0.416 e. The fourth-order valence-electron chi connectivity index (χ4n) is 4.52. The molecule has 1 fully saturated rings. The van der Waals surface area contributed by atoms with Gasteiger partial charge in [0, 0.05) is 15.5 Å². The van der Waals surface area contributed by atoms with Crippen LogP contribution in [0.5, 0.6) is 5.75 Å². The number of rotatable bonds is 9. The summed E-state index contributed by atoms with van der Waals surface area (Å²) >= 11 is 3.39. The Labute approximate surface area is 259 Å². The van der Waals surface area contributed by atoms with E-state index >= 15 is 0 Å². The van der Waals surface area contributed by atoms with E-state index in [9.17, 15) is 27.2 Å². The summed E-state index contributed by atoms with van der Waals surface area (Å²) < 4.78 is 71.8. The molecule has 1 amide bonds. The molecule has 0 unspecified atom stereocenters. The number of anilines is 1. The van der Waals surface area contributed by atoms with Crippen molar-refractivity contribution < 1.29 is 41.4 Å². The van der Waals surface area contributed by atoms with Gasteiger partial charge in [-0.15, -0.1) is 0 Å². The maximum Gasteiger partial charge on any atom is 0.416 e. The lowest BCUT2D eigenvalue weighted by atomic mass is 9.90. The van der Waals surface area contributed by atoms with Crippen LogP contribution in [0.2, 0.25) is 0 Å². The number of alkyl halides is 3. The average molecular weight is 672 g/mol. The fraction of sp³-hybridized carbons (Fsp3) is 0.212. The van der Waals surface area contributed by atoms with Gasteiger partial charge in [-0.3, -0.25) is 4.79 Å². The average Bonchev–Trinajstić information content (AvgIpc) is 2.98. The largest absolute Gasteiger partial charge is 0.493 e. The summed E-state index contributed by atoms with van der Waals surface area (Å²) in [4.78, 5) is 27.4. The highest BCUT2D eigenvalue weighted by atomic mass is 79.9. The van der Waals surface area contributed by atoms with Gasteiger partial charge in [-0.05, 0) is 53.6 Å². The molecule has 0 aliphatic carbocycles. The van der Waals surface area contributed by atoms with Crippen molar-refractivity contribution >= 4 is 33.5 Å². The molecule has 6 nitrogen and oxygen atoms in total. The molecule has 4 aromatic carbocycles. The summed E-state index contributed by atoms with van der Waals surface area (Å²) in [6.45, 7) is 3.10. The lowest BCUT2D eigenvalue weighted by Gasteiger charge is -2.37. The van der Waals surface area contributed by atoms with Crippen molar-refractivity contribution in [3.8, 4) is 16.9 Å². The van der Waals surface area contributed by atoms with E-state index in [1.807, 2.05) is 13.0 Å². The van der Waals surface area contributed by atoms with Crippen molar-refractivity contribution in [1.82, 2.24) is 0 Å². The minimum Gasteiger partial charge on any atom is -0.493 e. The molecule has 1 heterocycles. The first-order chi connectivity index (χ1) is 20.9. The summed E-state index contributed by atoms with van der Waals surface area (Å²) in [5.41, 5.74) is -0.732. The second-order valence-electron chi connectivity index (χ2n) is 10.7. The number of benzene rings is 4. The second-order valence-corrected chi connectivity index (χ2v) is 11.6. The highest BCUT2D eigenvalue weighted by molar-refractivity contribution is 9.10. The number of ether oxygens (including phenoxy) is 3. The van der Waals surface area contributed by atoms with E-state index in [1.165, 1.54) is 6.07 Å². The van der Waals surface area contributed by atoms with Crippen LogP contribution in [-0.4, -0.2) is 31.7 Å². The first kappa shape index (κ1) is 31.2. The molecule has 1 aliphatic rings. The van der Waals surface area contributed by atoms with Crippen molar-refractivity contribution in [1.29, 1.82) is 0 Å². The van der Waals surface area contributed by atoms with E-state index in [0.717, 1.165) is 10.5 Å². The monoisotopic (exact) mass is 671 g/mol. The molecule has 228 valence electrons. The number of amides is 1. The maximum absolute atomic E-state index is 14.7. The van der Waals surface area contributed by atoms with Gasteiger partial charge in [-0.25, -0.2) is 9.18 Å². The van der Waals surface area contributed by atoms with E-state index in [2.05, 4.69) is 21.2 Å². The molecule has 11 heteroatoms. The van der Waals surface area contributed by atoms with Crippen LogP contribution >= 0.6 is 15.9 Å². The molecule has 5 rings (SSSR count). The Bertz CT molecular complexity index is 1670. The van der Waals surface area contributed by atoms with Crippen LogP contribution in [0.15, 0.2) is 89.4 Å². The van der Waals surface area contributed by atoms with Gasteiger partial charge >= 0.3 is 12.1 Å². The molecule has 0 atom stereocenters. The van der Waals surface area contributed by atoms with Crippen LogP contribution in [0.4, 0.5) is 23.2 Å². The number of carbonyl (C=O) groups is 2. The minimum absolute atomic E-state index is 0.0926. The maximum atomic E-state index is 14.7. The van der Waals surface area contributed by atoms with Crippen LogP contribution in [0.1, 0.15) is 38.8 Å². The molecule has 0 aromatic heterocycles. The quantitative estimate of drug-likeness (QED) is 0.143. The van der Waals surface area contributed by atoms with E-state index < -0.39 is 35.1 Å². The van der Waals surface area contributed by atoms with Gasteiger partial charge in [0.2, 0.25) is 0 Å². The van der Waals surface area contributed by atoms with Gasteiger partial charge in [0.05, 0.1) is 42.2 Å². The Morgan fingerprint density at radius 1 is 0.977 bits per heavy atom. The number of hydrogen-bond donors (Lipinski definition) is 1. The number of nitrogens with one attached hydrogen (secondary N) is 1. The molecule has 1 aliphatic heterocycles. The Morgan fingerprint density at radius 2 is 1.68 bits per heavy atom. The first-order valence-corrected chi connectivity index (χ1v) is 14.2. The van der Waals surface area contributed by atoms with Gasteiger partial charge < -0.3 is 19.5 Å². The van der Waals surface area contributed by atoms with Crippen molar-refractivity contribution in [2.75, 3.05) is 25.1 Å². The van der Waals surface area contributed by atoms with Crippen LogP contribution in [0.25, 0.3) is 11.1 Å². The molecular weight excluding hydrogens is 646 g/mol.